The second-order valence-corrected chi connectivity index (χ2v) is 8.65. The average Bonchev–Trinajstić information content (AvgIpc) is 2.53. The molecule has 0 aromatic heterocycles. The minimum absolute atomic E-state index is 0.0490. The number of carbonyl (C=O) groups is 2. The number of nitrogens with one attached hydrogen (secondary N) is 2. The molecule has 1 heterocycles. The van der Waals surface area contributed by atoms with E-state index in [2.05, 4.69) is 15.4 Å². The summed E-state index contributed by atoms with van der Waals surface area (Å²) >= 11 is 1.78. The van der Waals surface area contributed by atoms with E-state index < -0.39 is 15.8 Å². The fraction of sp³-hybridized carbons (Fsp3) is 0.467. The Morgan fingerprint density at radius 2 is 2.12 bits per heavy atom. The normalized spacial score (nSPS) is 18.0. The number of sulfone groups is 1. The number of thioether (sulfide) groups is 1. The molecule has 0 bridgehead atoms. The third-order valence-corrected chi connectivity index (χ3v) is 5.69. The summed E-state index contributed by atoms with van der Waals surface area (Å²) in [4.78, 5) is 23.8. The van der Waals surface area contributed by atoms with Crippen LogP contribution in [0.4, 0.5) is 5.69 Å². The topological polar surface area (TPSA) is 102 Å². The Morgan fingerprint density at radius 1 is 1.38 bits per heavy atom. The maximum absolute atomic E-state index is 12.2. The zero-order valence-electron chi connectivity index (χ0n) is 13.5. The zero-order chi connectivity index (χ0) is 17.7. The number of ether oxygens (including phenoxy) is 1. The molecule has 1 amide bonds. The summed E-state index contributed by atoms with van der Waals surface area (Å²) in [5.41, 5.74) is 0.328. The van der Waals surface area contributed by atoms with Crippen molar-refractivity contribution in [3.05, 3.63) is 23.8 Å². The number of anilines is 1. The van der Waals surface area contributed by atoms with Crippen LogP contribution in [0.2, 0.25) is 0 Å². The minimum atomic E-state index is -3.53. The molecule has 132 valence electrons. The predicted octanol–water partition coefficient (Wildman–Crippen LogP) is 0.910. The van der Waals surface area contributed by atoms with Crippen molar-refractivity contribution in [3.63, 3.8) is 0 Å². The second kappa shape index (κ2) is 8.00. The largest absolute Gasteiger partial charge is 0.465 e. The van der Waals surface area contributed by atoms with Gasteiger partial charge >= 0.3 is 5.97 Å². The minimum Gasteiger partial charge on any atom is -0.465 e. The van der Waals surface area contributed by atoms with Crippen LogP contribution in [-0.4, -0.2) is 57.8 Å². The lowest BCUT2D eigenvalue weighted by molar-refractivity contribution is -0.116. The first kappa shape index (κ1) is 18.8. The monoisotopic (exact) mass is 372 g/mol. The van der Waals surface area contributed by atoms with Crippen molar-refractivity contribution in [1.29, 1.82) is 0 Å². The van der Waals surface area contributed by atoms with Crippen LogP contribution >= 0.6 is 11.8 Å². The fourth-order valence-electron chi connectivity index (χ4n) is 2.31. The summed E-state index contributed by atoms with van der Waals surface area (Å²) in [6.07, 6.45) is 1.32. The average molecular weight is 372 g/mol. The van der Waals surface area contributed by atoms with Crippen LogP contribution in [0.25, 0.3) is 0 Å². The van der Waals surface area contributed by atoms with Gasteiger partial charge in [-0.3, -0.25) is 4.79 Å². The molecule has 1 atom stereocenters. The van der Waals surface area contributed by atoms with E-state index in [1.807, 2.05) is 0 Å². The SMILES string of the molecule is COC(=O)c1cc(NC(=O)CC2CSCCN2)cc(S(C)(=O)=O)c1. The highest BCUT2D eigenvalue weighted by molar-refractivity contribution is 7.99. The summed E-state index contributed by atoms with van der Waals surface area (Å²) in [6.45, 7) is 0.860. The molecule has 9 heteroatoms. The van der Waals surface area contributed by atoms with Crippen LogP contribution in [-0.2, 0) is 19.4 Å². The Labute approximate surface area is 145 Å². The Kier molecular flexibility index (Phi) is 6.25. The highest BCUT2D eigenvalue weighted by atomic mass is 32.2. The first-order valence-corrected chi connectivity index (χ1v) is 10.4. The van der Waals surface area contributed by atoms with Crippen molar-refractivity contribution < 1.29 is 22.7 Å². The third kappa shape index (κ3) is 5.22. The van der Waals surface area contributed by atoms with Crippen molar-refractivity contribution in [2.75, 3.05) is 36.7 Å². The van der Waals surface area contributed by atoms with Gasteiger partial charge in [-0.25, -0.2) is 13.2 Å². The molecule has 1 fully saturated rings. The number of hydrogen-bond donors (Lipinski definition) is 2. The van der Waals surface area contributed by atoms with Crippen LogP contribution in [0.15, 0.2) is 23.1 Å². The van der Waals surface area contributed by atoms with Crippen molar-refractivity contribution >= 4 is 39.2 Å². The van der Waals surface area contributed by atoms with E-state index in [0.717, 1.165) is 24.3 Å². The maximum Gasteiger partial charge on any atom is 0.337 e. The van der Waals surface area contributed by atoms with E-state index in [1.165, 1.54) is 25.3 Å². The zero-order valence-corrected chi connectivity index (χ0v) is 15.1. The Hall–Kier alpha value is -1.58. The molecule has 1 saturated heterocycles. The van der Waals surface area contributed by atoms with Gasteiger partial charge in [-0.05, 0) is 18.2 Å². The van der Waals surface area contributed by atoms with E-state index in [0.29, 0.717) is 0 Å². The van der Waals surface area contributed by atoms with Gasteiger partial charge in [0.05, 0.1) is 17.6 Å². The van der Waals surface area contributed by atoms with Gasteiger partial charge in [0, 0.05) is 42.5 Å². The molecule has 1 aromatic carbocycles. The summed E-state index contributed by atoms with van der Waals surface area (Å²) in [5, 5.41) is 5.92. The second-order valence-electron chi connectivity index (χ2n) is 5.49. The van der Waals surface area contributed by atoms with E-state index in [9.17, 15) is 18.0 Å². The number of methoxy groups -OCH3 is 1. The standard InChI is InChI=1S/C15H20N2O5S2/c1-22-15(19)10-5-11(7-13(6-10)24(2,20)21)17-14(18)8-12-9-23-4-3-16-12/h5-7,12,16H,3-4,8-9H2,1-2H3,(H,17,18). The molecule has 1 unspecified atom stereocenters. The van der Waals surface area contributed by atoms with Crippen LogP contribution < -0.4 is 10.6 Å². The van der Waals surface area contributed by atoms with Gasteiger partial charge in [0.1, 0.15) is 0 Å². The van der Waals surface area contributed by atoms with Gasteiger partial charge in [0.25, 0.3) is 0 Å². The highest BCUT2D eigenvalue weighted by Crippen LogP contribution is 2.20. The molecule has 7 nitrogen and oxygen atoms in total. The molecule has 1 aromatic rings. The van der Waals surface area contributed by atoms with Crippen molar-refractivity contribution in [1.82, 2.24) is 5.32 Å². The molecule has 2 N–H and O–H groups in total. The van der Waals surface area contributed by atoms with Crippen LogP contribution in [0.3, 0.4) is 0 Å². The third-order valence-electron chi connectivity index (χ3n) is 3.47. The number of esters is 1. The van der Waals surface area contributed by atoms with Crippen LogP contribution in [0.1, 0.15) is 16.8 Å². The summed E-state index contributed by atoms with van der Waals surface area (Å²) < 4.78 is 28.2. The summed E-state index contributed by atoms with van der Waals surface area (Å²) in [6, 6.07) is 4.06. The summed E-state index contributed by atoms with van der Waals surface area (Å²) in [5.74, 6) is 0.971. The number of carbonyl (C=O) groups excluding carboxylic acids is 2. The molecule has 0 saturated carbocycles. The number of rotatable bonds is 5. The molecular formula is C15H20N2O5S2. The summed E-state index contributed by atoms with van der Waals surface area (Å²) in [7, 11) is -2.32. The Bertz CT molecular complexity index is 727. The molecule has 1 aliphatic rings. The van der Waals surface area contributed by atoms with Gasteiger partial charge in [-0.15, -0.1) is 0 Å². The van der Waals surface area contributed by atoms with Crippen molar-refractivity contribution in [3.8, 4) is 0 Å². The lowest BCUT2D eigenvalue weighted by Gasteiger charge is -2.22. The van der Waals surface area contributed by atoms with E-state index in [1.54, 1.807) is 11.8 Å². The lowest BCUT2D eigenvalue weighted by atomic mass is 10.2. The smallest absolute Gasteiger partial charge is 0.337 e. The first-order chi connectivity index (χ1) is 11.3. The van der Waals surface area contributed by atoms with Crippen LogP contribution in [0, 0.1) is 0 Å². The Morgan fingerprint density at radius 3 is 2.71 bits per heavy atom. The van der Waals surface area contributed by atoms with Crippen molar-refractivity contribution in [2.45, 2.75) is 17.4 Å². The molecule has 1 aliphatic heterocycles. The molecule has 0 spiro atoms. The molecular weight excluding hydrogens is 352 g/mol. The highest BCUT2D eigenvalue weighted by Gasteiger charge is 2.19. The quantitative estimate of drug-likeness (QED) is 0.741. The number of amides is 1. The van der Waals surface area contributed by atoms with E-state index >= 15 is 0 Å². The molecule has 0 aliphatic carbocycles. The van der Waals surface area contributed by atoms with Gasteiger partial charge in [-0.1, -0.05) is 0 Å². The number of hydrogen-bond acceptors (Lipinski definition) is 7. The number of benzene rings is 1. The Balaban J connectivity index is 2.18. The lowest BCUT2D eigenvalue weighted by Crippen LogP contribution is -2.39. The van der Waals surface area contributed by atoms with E-state index in [4.69, 9.17) is 0 Å². The maximum atomic E-state index is 12.2. The fourth-order valence-corrected chi connectivity index (χ4v) is 3.94. The van der Waals surface area contributed by atoms with Gasteiger partial charge in [-0.2, -0.15) is 11.8 Å². The predicted molar refractivity (Wildman–Crippen MR) is 93.3 cm³/mol. The first-order valence-electron chi connectivity index (χ1n) is 7.34. The van der Waals surface area contributed by atoms with Gasteiger partial charge in [0.2, 0.25) is 5.91 Å². The molecule has 0 radical (unpaired) electrons. The van der Waals surface area contributed by atoms with Gasteiger partial charge < -0.3 is 15.4 Å². The van der Waals surface area contributed by atoms with Gasteiger partial charge in [0.15, 0.2) is 9.84 Å². The van der Waals surface area contributed by atoms with Crippen LogP contribution in [0.5, 0.6) is 0 Å². The molecule has 2 rings (SSSR count). The van der Waals surface area contributed by atoms with Crippen molar-refractivity contribution in [2.24, 2.45) is 0 Å². The molecule has 24 heavy (non-hydrogen) atoms. The van der Waals surface area contributed by atoms with E-state index in [-0.39, 0.29) is 34.5 Å².